The molecule has 3 nitrogen and oxygen atoms in total. The quantitative estimate of drug-likeness (QED) is 0.644. The zero-order valence-corrected chi connectivity index (χ0v) is 9.84. The number of benzene rings is 2. The highest BCUT2D eigenvalue weighted by Crippen LogP contribution is 2.19. The first-order valence-corrected chi connectivity index (χ1v) is 5.45. The lowest BCUT2D eigenvalue weighted by atomic mass is 10.0. The topological polar surface area (TPSA) is 61.1 Å². The third kappa shape index (κ3) is 2.38. The molecule has 0 radical (unpaired) electrons. The Labute approximate surface area is 105 Å². The van der Waals surface area contributed by atoms with Crippen molar-refractivity contribution in [2.45, 2.75) is 6.92 Å². The van der Waals surface area contributed by atoms with Crippen LogP contribution < -0.4 is 0 Å². The number of nitriles is 1. The Balaban J connectivity index is 2.52. The van der Waals surface area contributed by atoms with Crippen LogP contribution in [0, 0.1) is 18.3 Å². The molecule has 0 aliphatic rings. The fourth-order valence-electron chi connectivity index (χ4n) is 1.78. The predicted molar refractivity (Wildman–Crippen MR) is 69.9 cm³/mol. The van der Waals surface area contributed by atoms with E-state index in [2.05, 4.69) is 6.07 Å². The average Bonchev–Trinajstić information content (AvgIpc) is 2.35. The summed E-state index contributed by atoms with van der Waals surface area (Å²) in [5.41, 5.74) is 1.63. The van der Waals surface area contributed by atoms with Gasteiger partial charge in [-0.2, -0.15) is 5.26 Å². The summed E-state index contributed by atoms with van der Waals surface area (Å²) in [4.78, 5) is 10.8. The minimum absolute atomic E-state index is 0.263. The first-order chi connectivity index (χ1) is 8.60. The normalized spacial score (nSPS) is 11.2. The number of carboxylic acid groups (broad SMARTS) is 1. The van der Waals surface area contributed by atoms with Crippen LogP contribution in [0.1, 0.15) is 11.1 Å². The number of rotatable bonds is 2. The number of aliphatic carboxylic acids is 1. The lowest BCUT2D eigenvalue weighted by Crippen LogP contribution is -1.97. The van der Waals surface area contributed by atoms with E-state index in [1.165, 1.54) is 11.6 Å². The summed E-state index contributed by atoms with van der Waals surface area (Å²) >= 11 is 0. The van der Waals surface area contributed by atoms with Crippen LogP contribution in [-0.2, 0) is 4.79 Å². The van der Waals surface area contributed by atoms with Crippen molar-refractivity contribution in [3.63, 3.8) is 0 Å². The number of carbonyl (C=O) groups is 1. The minimum Gasteiger partial charge on any atom is -0.477 e. The maximum atomic E-state index is 10.8. The summed E-state index contributed by atoms with van der Waals surface area (Å²) in [5.74, 6) is -1.21. The third-order valence-electron chi connectivity index (χ3n) is 2.68. The van der Waals surface area contributed by atoms with E-state index in [4.69, 9.17) is 10.4 Å². The average molecular weight is 237 g/mol. The molecule has 0 atom stereocenters. The summed E-state index contributed by atoms with van der Waals surface area (Å²) in [7, 11) is 0. The molecule has 2 rings (SSSR count). The number of hydrogen-bond donors (Lipinski definition) is 1. The molecule has 0 fully saturated rings. The Hall–Kier alpha value is -2.60. The Kier molecular flexibility index (Phi) is 3.11. The highest BCUT2D eigenvalue weighted by Gasteiger charge is 2.05. The number of carboxylic acids is 1. The zero-order chi connectivity index (χ0) is 13.1. The largest absolute Gasteiger partial charge is 0.477 e. The smallest absolute Gasteiger partial charge is 0.346 e. The van der Waals surface area contributed by atoms with Crippen LogP contribution in [-0.4, -0.2) is 11.1 Å². The van der Waals surface area contributed by atoms with Gasteiger partial charge < -0.3 is 5.11 Å². The van der Waals surface area contributed by atoms with Crippen LogP contribution in [0.3, 0.4) is 0 Å². The van der Waals surface area contributed by atoms with Crippen molar-refractivity contribution in [2.24, 2.45) is 0 Å². The van der Waals surface area contributed by atoms with Gasteiger partial charge in [0.25, 0.3) is 0 Å². The second-order valence-electron chi connectivity index (χ2n) is 4.09. The SMILES string of the molecule is Cc1ccc2cc(/C=C(\C#N)C(=O)O)ccc2c1. The molecule has 0 amide bonds. The lowest BCUT2D eigenvalue weighted by molar-refractivity contribution is -0.132. The second-order valence-corrected chi connectivity index (χ2v) is 4.09. The highest BCUT2D eigenvalue weighted by atomic mass is 16.4. The highest BCUT2D eigenvalue weighted by molar-refractivity contribution is 5.97. The molecular weight excluding hydrogens is 226 g/mol. The molecule has 0 spiro atoms. The van der Waals surface area contributed by atoms with Crippen molar-refractivity contribution in [1.29, 1.82) is 5.26 Å². The Morgan fingerprint density at radius 1 is 1.22 bits per heavy atom. The molecule has 18 heavy (non-hydrogen) atoms. The van der Waals surface area contributed by atoms with Crippen LogP contribution in [0.15, 0.2) is 42.0 Å². The summed E-state index contributed by atoms with van der Waals surface area (Å²) in [6.45, 7) is 2.02. The number of aryl methyl sites for hydroxylation is 1. The van der Waals surface area contributed by atoms with Gasteiger partial charge in [0.2, 0.25) is 0 Å². The molecule has 0 aromatic heterocycles. The molecule has 0 unspecified atom stereocenters. The Morgan fingerprint density at radius 2 is 1.89 bits per heavy atom. The molecule has 0 bridgehead atoms. The molecule has 0 saturated heterocycles. The monoisotopic (exact) mass is 237 g/mol. The fourth-order valence-corrected chi connectivity index (χ4v) is 1.78. The summed E-state index contributed by atoms with van der Waals surface area (Å²) in [6, 6.07) is 13.3. The predicted octanol–water partition coefficient (Wildman–Crippen LogP) is 3.14. The van der Waals surface area contributed by atoms with E-state index in [-0.39, 0.29) is 5.57 Å². The van der Waals surface area contributed by atoms with Crippen LogP contribution in [0.2, 0.25) is 0 Å². The van der Waals surface area contributed by atoms with Crippen molar-refractivity contribution in [1.82, 2.24) is 0 Å². The maximum absolute atomic E-state index is 10.8. The number of hydrogen-bond acceptors (Lipinski definition) is 2. The van der Waals surface area contributed by atoms with Crippen LogP contribution in [0.4, 0.5) is 0 Å². The van der Waals surface area contributed by atoms with E-state index in [0.717, 1.165) is 10.8 Å². The molecule has 3 heteroatoms. The van der Waals surface area contributed by atoms with Crippen molar-refractivity contribution < 1.29 is 9.90 Å². The molecular formula is C15H11NO2. The van der Waals surface area contributed by atoms with E-state index in [1.54, 1.807) is 6.07 Å². The second kappa shape index (κ2) is 4.72. The lowest BCUT2D eigenvalue weighted by Gasteiger charge is -2.01. The van der Waals surface area contributed by atoms with Crippen LogP contribution in [0.5, 0.6) is 0 Å². The van der Waals surface area contributed by atoms with Gasteiger partial charge in [0.05, 0.1) is 0 Å². The molecule has 0 aliphatic heterocycles. The number of fused-ring (bicyclic) bond motifs is 1. The maximum Gasteiger partial charge on any atom is 0.346 e. The Morgan fingerprint density at radius 3 is 2.56 bits per heavy atom. The first-order valence-electron chi connectivity index (χ1n) is 5.45. The summed E-state index contributed by atoms with van der Waals surface area (Å²) in [6.07, 6.45) is 1.38. The van der Waals surface area contributed by atoms with Gasteiger partial charge in [-0.25, -0.2) is 4.79 Å². The molecule has 2 aromatic carbocycles. The minimum atomic E-state index is -1.21. The van der Waals surface area contributed by atoms with E-state index in [9.17, 15) is 4.79 Å². The molecule has 1 N–H and O–H groups in total. The van der Waals surface area contributed by atoms with Gasteiger partial charge in [0.15, 0.2) is 0 Å². The van der Waals surface area contributed by atoms with E-state index >= 15 is 0 Å². The van der Waals surface area contributed by atoms with Crippen LogP contribution in [0.25, 0.3) is 16.8 Å². The van der Waals surface area contributed by atoms with E-state index in [0.29, 0.717) is 5.56 Å². The summed E-state index contributed by atoms with van der Waals surface area (Å²) in [5, 5.41) is 19.6. The summed E-state index contributed by atoms with van der Waals surface area (Å²) < 4.78 is 0. The molecule has 0 saturated carbocycles. The van der Waals surface area contributed by atoms with E-state index < -0.39 is 5.97 Å². The van der Waals surface area contributed by atoms with Gasteiger partial charge >= 0.3 is 5.97 Å². The standard InChI is InChI=1S/C15H11NO2/c1-10-2-4-13-7-11(3-5-12(13)6-10)8-14(9-16)15(17)18/h2-8H,1H3,(H,17,18)/b14-8+. The number of nitrogens with zero attached hydrogens (tertiary/aromatic N) is 1. The van der Waals surface area contributed by atoms with E-state index in [1.807, 2.05) is 37.3 Å². The zero-order valence-electron chi connectivity index (χ0n) is 9.84. The van der Waals surface area contributed by atoms with Gasteiger partial charge in [-0.3, -0.25) is 0 Å². The van der Waals surface area contributed by atoms with Crippen molar-refractivity contribution in [3.8, 4) is 6.07 Å². The molecule has 0 aliphatic carbocycles. The fraction of sp³-hybridized carbons (Fsp3) is 0.0667. The molecule has 88 valence electrons. The molecule has 2 aromatic rings. The van der Waals surface area contributed by atoms with Crippen molar-refractivity contribution in [3.05, 3.63) is 53.1 Å². The van der Waals surface area contributed by atoms with Gasteiger partial charge in [-0.05, 0) is 35.4 Å². The van der Waals surface area contributed by atoms with Crippen LogP contribution >= 0.6 is 0 Å². The first kappa shape index (κ1) is 11.9. The van der Waals surface area contributed by atoms with Gasteiger partial charge in [0, 0.05) is 0 Å². The van der Waals surface area contributed by atoms with Gasteiger partial charge in [-0.15, -0.1) is 0 Å². The Bertz CT molecular complexity index is 693. The van der Waals surface area contributed by atoms with Crippen molar-refractivity contribution in [2.75, 3.05) is 0 Å². The third-order valence-corrected chi connectivity index (χ3v) is 2.68. The van der Waals surface area contributed by atoms with Gasteiger partial charge in [0.1, 0.15) is 11.6 Å². The van der Waals surface area contributed by atoms with Crippen molar-refractivity contribution >= 4 is 22.8 Å². The van der Waals surface area contributed by atoms with Gasteiger partial charge in [-0.1, -0.05) is 35.9 Å². The molecule has 0 heterocycles.